The molecule has 1 N–H and O–H groups in total. The molecule has 0 saturated carbocycles. The van der Waals surface area contributed by atoms with Crippen molar-refractivity contribution in [2.24, 2.45) is 9.98 Å². The number of hydrogen-bond donors (Lipinski definition) is 1. The van der Waals surface area contributed by atoms with E-state index in [4.69, 9.17) is 16.6 Å². The van der Waals surface area contributed by atoms with Crippen molar-refractivity contribution >= 4 is 40.2 Å². The largest absolute Gasteiger partial charge is 0.384 e. The molecule has 1 aliphatic heterocycles. The highest BCUT2D eigenvalue weighted by molar-refractivity contribution is 8.17. The number of allylic oxidation sites excluding steroid dienone is 4. The lowest BCUT2D eigenvalue weighted by Gasteiger charge is -2.15. The van der Waals surface area contributed by atoms with E-state index in [0.717, 1.165) is 39.2 Å². The van der Waals surface area contributed by atoms with Crippen molar-refractivity contribution in [2.45, 2.75) is 47.6 Å². The summed E-state index contributed by atoms with van der Waals surface area (Å²) in [6.07, 6.45) is 4.77. The third-order valence-electron chi connectivity index (χ3n) is 5.63. The Balaban J connectivity index is 2.06. The molecule has 0 saturated heterocycles. The van der Waals surface area contributed by atoms with Gasteiger partial charge in [0.05, 0.1) is 11.4 Å². The van der Waals surface area contributed by atoms with Gasteiger partial charge in [0.2, 0.25) is 0 Å². The van der Waals surface area contributed by atoms with Gasteiger partial charge in [0.15, 0.2) is 0 Å². The van der Waals surface area contributed by atoms with E-state index in [0.29, 0.717) is 6.54 Å². The Labute approximate surface area is 213 Å². The molecule has 176 valence electrons. The number of hydrogen-bond acceptors (Lipinski definition) is 4. The molecule has 0 aliphatic carbocycles. The second-order valence-electron chi connectivity index (χ2n) is 7.96. The summed E-state index contributed by atoms with van der Waals surface area (Å²) in [6.45, 7) is 11.1. The van der Waals surface area contributed by atoms with Gasteiger partial charge in [-0.05, 0) is 68.4 Å². The van der Waals surface area contributed by atoms with Crippen LogP contribution in [-0.2, 0) is 6.54 Å². The number of halogens is 1. The van der Waals surface area contributed by atoms with Crippen LogP contribution in [0, 0.1) is 0 Å². The van der Waals surface area contributed by atoms with Crippen LogP contribution in [0.5, 0.6) is 0 Å². The fraction of sp³-hybridized carbons (Fsp3) is 0.241. The summed E-state index contributed by atoms with van der Waals surface area (Å²) in [5.41, 5.74) is 8.80. The molecule has 5 heteroatoms. The molecule has 0 atom stereocenters. The van der Waals surface area contributed by atoms with Crippen molar-refractivity contribution in [1.82, 2.24) is 5.32 Å². The highest BCUT2D eigenvalue weighted by atomic mass is 35.5. The summed E-state index contributed by atoms with van der Waals surface area (Å²) in [7, 11) is 0. The van der Waals surface area contributed by atoms with Gasteiger partial charge in [0.1, 0.15) is 5.04 Å². The standard InChI is InChI=1S/C29H32ClN3S/c1-6-20(4)28(26(7-2)31-8-3)33-29-27(25(19-34-29)23-12-10-9-11-13-23)21(5)32-18-22-14-16-24(30)17-15-22/h7-17,19,32H,6,18H2,1-5H3/b26-7-,27-21+,28-20-,31-8-,33-29+. The second-order valence-corrected chi connectivity index (χ2v) is 9.25. The van der Waals surface area contributed by atoms with Crippen LogP contribution in [0.2, 0.25) is 5.02 Å². The summed E-state index contributed by atoms with van der Waals surface area (Å²) < 4.78 is 0. The van der Waals surface area contributed by atoms with Gasteiger partial charge in [-0.3, -0.25) is 4.99 Å². The summed E-state index contributed by atoms with van der Waals surface area (Å²) in [5, 5.41) is 7.54. The second kappa shape index (κ2) is 12.6. The summed E-state index contributed by atoms with van der Waals surface area (Å²) in [6, 6.07) is 18.4. The molecule has 0 spiro atoms. The lowest BCUT2D eigenvalue weighted by Crippen LogP contribution is -2.15. The molecule has 1 aliphatic rings. The first-order valence-corrected chi connectivity index (χ1v) is 12.8. The zero-order valence-corrected chi connectivity index (χ0v) is 22.1. The van der Waals surface area contributed by atoms with Gasteiger partial charge in [-0.15, -0.1) is 0 Å². The lowest BCUT2D eigenvalue weighted by molar-refractivity contribution is 0.809. The van der Waals surface area contributed by atoms with Gasteiger partial charge in [0, 0.05) is 34.6 Å². The summed E-state index contributed by atoms with van der Waals surface area (Å²) >= 11 is 7.72. The van der Waals surface area contributed by atoms with E-state index in [1.165, 1.54) is 22.3 Å². The minimum atomic E-state index is 0.712. The predicted octanol–water partition coefficient (Wildman–Crippen LogP) is 8.57. The van der Waals surface area contributed by atoms with Crippen molar-refractivity contribution in [3.05, 3.63) is 110 Å². The van der Waals surface area contributed by atoms with Crippen LogP contribution in [0.15, 0.2) is 104 Å². The van der Waals surface area contributed by atoms with E-state index >= 15 is 0 Å². The molecule has 0 unspecified atom stereocenters. The van der Waals surface area contributed by atoms with Gasteiger partial charge in [-0.2, -0.15) is 0 Å². The molecule has 3 nitrogen and oxygen atoms in total. The number of nitrogens with one attached hydrogen (secondary N) is 1. The number of nitrogens with zero attached hydrogens (tertiary/aromatic N) is 2. The Morgan fingerprint density at radius 1 is 1.03 bits per heavy atom. The molecule has 0 amide bonds. The molecular formula is C29H32ClN3S. The normalized spacial score (nSPS) is 17.8. The molecule has 34 heavy (non-hydrogen) atoms. The predicted molar refractivity (Wildman–Crippen MR) is 151 cm³/mol. The molecular weight excluding hydrogens is 458 g/mol. The quantitative estimate of drug-likeness (QED) is 0.297. The van der Waals surface area contributed by atoms with Crippen molar-refractivity contribution in [1.29, 1.82) is 0 Å². The molecule has 0 fully saturated rings. The smallest absolute Gasteiger partial charge is 0.111 e. The molecule has 2 aromatic carbocycles. The van der Waals surface area contributed by atoms with Gasteiger partial charge in [-0.25, -0.2) is 4.99 Å². The van der Waals surface area contributed by atoms with Crippen LogP contribution in [0.3, 0.4) is 0 Å². The number of thioether (sulfide) groups is 1. The number of benzene rings is 2. The maximum Gasteiger partial charge on any atom is 0.111 e. The molecule has 0 aromatic heterocycles. The molecule has 1 heterocycles. The van der Waals surface area contributed by atoms with Gasteiger partial charge in [0.25, 0.3) is 0 Å². The maximum atomic E-state index is 6.06. The van der Waals surface area contributed by atoms with Crippen molar-refractivity contribution in [3.8, 4) is 0 Å². The molecule has 2 aromatic rings. The van der Waals surface area contributed by atoms with Crippen molar-refractivity contribution in [3.63, 3.8) is 0 Å². The fourth-order valence-electron chi connectivity index (χ4n) is 3.60. The number of aliphatic imine (C=N–C) groups is 2. The van der Waals surface area contributed by atoms with E-state index in [2.05, 4.69) is 60.8 Å². The topological polar surface area (TPSA) is 36.8 Å². The third kappa shape index (κ3) is 6.40. The van der Waals surface area contributed by atoms with Crippen molar-refractivity contribution < 1.29 is 0 Å². The Hall–Kier alpha value is -2.82. The Morgan fingerprint density at radius 3 is 2.35 bits per heavy atom. The zero-order chi connectivity index (χ0) is 24.5. The van der Waals surface area contributed by atoms with Gasteiger partial charge < -0.3 is 5.32 Å². The van der Waals surface area contributed by atoms with E-state index in [1.54, 1.807) is 11.8 Å². The SMILES string of the molecule is C\C=N/C(=C\C)C(/N=C1/SC=C(c2ccccc2)/C1=C(/C)NCc1ccc(Cl)cc1)=C(\C)CC. The minimum Gasteiger partial charge on any atom is -0.384 e. The highest BCUT2D eigenvalue weighted by Crippen LogP contribution is 2.40. The first kappa shape index (κ1) is 25.8. The van der Waals surface area contributed by atoms with E-state index in [-0.39, 0.29) is 0 Å². The first-order chi connectivity index (χ1) is 16.5. The number of rotatable bonds is 8. The summed E-state index contributed by atoms with van der Waals surface area (Å²) in [5.74, 6) is 0. The van der Waals surface area contributed by atoms with Crippen LogP contribution >= 0.6 is 23.4 Å². The summed E-state index contributed by atoms with van der Waals surface area (Å²) in [4.78, 5) is 9.78. The Bertz CT molecular complexity index is 1180. The van der Waals surface area contributed by atoms with Gasteiger partial charge >= 0.3 is 0 Å². The minimum absolute atomic E-state index is 0.712. The zero-order valence-electron chi connectivity index (χ0n) is 20.5. The maximum absolute atomic E-state index is 6.06. The van der Waals surface area contributed by atoms with Crippen molar-refractivity contribution in [2.75, 3.05) is 0 Å². The Kier molecular flexibility index (Phi) is 9.55. The van der Waals surface area contributed by atoms with E-state index in [9.17, 15) is 0 Å². The van der Waals surface area contributed by atoms with Crippen LogP contribution in [0.25, 0.3) is 5.57 Å². The lowest BCUT2D eigenvalue weighted by atomic mass is 9.98. The van der Waals surface area contributed by atoms with E-state index < -0.39 is 0 Å². The average Bonchev–Trinajstić information content (AvgIpc) is 3.29. The highest BCUT2D eigenvalue weighted by Gasteiger charge is 2.24. The third-order valence-corrected chi connectivity index (χ3v) is 6.76. The molecule has 0 radical (unpaired) electrons. The fourth-order valence-corrected chi connectivity index (χ4v) is 4.73. The molecule has 3 rings (SSSR count). The van der Waals surface area contributed by atoms with Gasteiger partial charge in [-0.1, -0.05) is 78.8 Å². The van der Waals surface area contributed by atoms with Crippen LogP contribution in [-0.4, -0.2) is 11.3 Å². The van der Waals surface area contributed by atoms with Crippen LogP contribution in [0.1, 0.15) is 52.2 Å². The van der Waals surface area contributed by atoms with E-state index in [1.807, 2.05) is 56.5 Å². The average molecular weight is 490 g/mol. The molecule has 0 bridgehead atoms. The van der Waals surface area contributed by atoms with Crippen LogP contribution in [0.4, 0.5) is 0 Å². The first-order valence-electron chi connectivity index (χ1n) is 11.5. The Morgan fingerprint density at radius 2 is 1.74 bits per heavy atom. The van der Waals surface area contributed by atoms with Crippen LogP contribution < -0.4 is 5.32 Å². The monoisotopic (exact) mass is 489 g/mol.